The van der Waals surface area contributed by atoms with Gasteiger partial charge in [0.25, 0.3) is 0 Å². The Labute approximate surface area is 138 Å². The zero-order valence-corrected chi connectivity index (χ0v) is 16.4. The average Bonchev–Trinajstić information content (AvgIpc) is 2.36. The fourth-order valence-corrected chi connectivity index (χ4v) is 2.36. The highest BCUT2D eigenvalue weighted by Crippen LogP contribution is 2.29. The van der Waals surface area contributed by atoms with Crippen molar-refractivity contribution in [1.82, 2.24) is 5.09 Å². The fraction of sp³-hybridized carbons (Fsp3) is 0.706. The van der Waals surface area contributed by atoms with Gasteiger partial charge < -0.3 is 9.26 Å². The zero-order valence-electron chi connectivity index (χ0n) is 15.5. The average molecular weight is 331 g/mol. The van der Waals surface area contributed by atoms with Gasteiger partial charge in [0, 0.05) is 6.66 Å². The first-order valence-corrected chi connectivity index (χ1v) is 9.57. The Morgan fingerprint density at radius 2 is 1.86 bits per heavy atom. The molecule has 0 amide bonds. The Kier molecular flexibility index (Phi) is 16.0. The highest BCUT2D eigenvalue weighted by molar-refractivity contribution is 7.49. The summed E-state index contributed by atoms with van der Waals surface area (Å²) in [5.74, 6) is 1.36. The molecule has 1 unspecified atom stereocenters. The molecule has 0 aliphatic heterocycles. The monoisotopic (exact) mass is 331 g/mol. The second-order valence-corrected chi connectivity index (χ2v) is 6.95. The number of hydrogen-bond donors (Lipinski definition) is 1. The Balaban J connectivity index is 0. The number of nitrogens with one attached hydrogen (secondary N) is 1. The Hall–Kier alpha value is -0.860. The topological polar surface area (TPSA) is 47.6 Å². The SMILES string of the molecule is C/C=C\C(C)C.CC/C=C(\C)OP(C)NCC(=O)OC(C)C. The van der Waals surface area contributed by atoms with E-state index in [1.165, 1.54) is 0 Å². The first kappa shape index (κ1) is 23.4. The molecule has 0 rings (SSSR count). The van der Waals surface area contributed by atoms with Crippen LogP contribution < -0.4 is 5.09 Å². The quantitative estimate of drug-likeness (QED) is 0.294. The second kappa shape index (κ2) is 15.1. The molecule has 0 fully saturated rings. The van der Waals surface area contributed by atoms with Crippen molar-refractivity contribution in [3.05, 3.63) is 24.0 Å². The van der Waals surface area contributed by atoms with E-state index >= 15 is 0 Å². The number of ether oxygens (including phenoxy) is 1. The maximum Gasteiger partial charge on any atom is 0.320 e. The van der Waals surface area contributed by atoms with Gasteiger partial charge in [0.05, 0.1) is 11.9 Å². The van der Waals surface area contributed by atoms with Gasteiger partial charge in [-0.3, -0.25) is 9.88 Å². The van der Waals surface area contributed by atoms with E-state index in [1.54, 1.807) is 0 Å². The lowest BCUT2D eigenvalue weighted by atomic mass is 10.2. The van der Waals surface area contributed by atoms with Crippen LogP contribution in [0.1, 0.15) is 54.9 Å². The minimum Gasteiger partial charge on any atom is -0.463 e. The molecule has 1 N–H and O–H groups in total. The smallest absolute Gasteiger partial charge is 0.320 e. The van der Waals surface area contributed by atoms with Gasteiger partial charge >= 0.3 is 5.97 Å². The third kappa shape index (κ3) is 19.1. The number of esters is 1. The van der Waals surface area contributed by atoms with E-state index < -0.39 is 8.30 Å². The molecule has 0 radical (unpaired) electrons. The van der Waals surface area contributed by atoms with Crippen molar-refractivity contribution in [2.45, 2.75) is 61.0 Å². The van der Waals surface area contributed by atoms with Crippen LogP contribution in [0.4, 0.5) is 0 Å². The Morgan fingerprint density at radius 3 is 2.23 bits per heavy atom. The van der Waals surface area contributed by atoms with Gasteiger partial charge in [-0.25, -0.2) is 0 Å². The Bertz CT molecular complexity index is 339. The first-order chi connectivity index (χ1) is 10.2. The minimum atomic E-state index is -0.808. The van der Waals surface area contributed by atoms with Crippen molar-refractivity contribution < 1.29 is 14.1 Å². The van der Waals surface area contributed by atoms with Crippen LogP contribution in [0.5, 0.6) is 0 Å². The zero-order chi connectivity index (χ0) is 17.5. The minimum absolute atomic E-state index is 0.0694. The summed E-state index contributed by atoms with van der Waals surface area (Å²) in [6, 6.07) is 0. The predicted molar refractivity (Wildman–Crippen MR) is 96.9 cm³/mol. The molecule has 0 aromatic rings. The first-order valence-electron chi connectivity index (χ1n) is 7.87. The molecule has 0 saturated carbocycles. The highest BCUT2D eigenvalue weighted by Gasteiger charge is 2.09. The number of hydrogen-bond acceptors (Lipinski definition) is 4. The summed E-state index contributed by atoms with van der Waals surface area (Å²) in [5.41, 5.74) is 0. The van der Waals surface area contributed by atoms with Crippen molar-refractivity contribution in [3.8, 4) is 0 Å². The van der Waals surface area contributed by atoms with Crippen LogP contribution in [0.3, 0.4) is 0 Å². The van der Waals surface area contributed by atoms with Crippen molar-refractivity contribution in [3.63, 3.8) is 0 Å². The highest BCUT2D eigenvalue weighted by atomic mass is 31.2. The molecule has 4 nitrogen and oxygen atoms in total. The summed E-state index contributed by atoms with van der Waals surface area (Å²) in [4.78, 5) is 11.2. The van der Waals surface area contributed by atoms with E-state index in [0.29, 0.717) is 0 Å². The van der Waals surface area contributed by atoms with Crippen LogP contribution in [0.15, 0.2) is 24.0 Å². The molecule has 22 heavy (non-hydrogen) atoms. The Morgan fingerprint density at radius 1 is 1.27 bits per heavy atom. The van der Waals surface area contributed by atoms with E-state index in [4.69, 9.17) is 9.26 Å². The van der Waals surface area contributed by atoms with Crippen molar-refractivity contribution in [2.24, 2.45) is 5.92 Å². The molecule has 5 heteroatoms. The molecule has 0 spiro atoms. The van der Waals surface area contributed by atoms with Crippen LogP contribution >= 0.6 is 8.30 Å². The van der Waals surface area contributed by atoms with Crippen molar-refractivity contribution in [1.29, 1.82) is 0 Å². The van der Waals surface area contributed by atoms with Crippen LogP contribution in [0, 0.1) is 5.92 Å². The molecule has 0 aliphatic rings. The lowest BCUT2D eigenvalue weighted by Gasteiger charge is -2.15. The maximum atomic E-state index is 11.2. The molecule has 0 aromatic heterocycles. The number of rotatable bonds is 8. The second-order valence-electron chi connectivity index (χ2n) is 5.46. The van der Waals surface area contributed by atoms with E-state index in [0.717, 1.165) is 18.1 Å². The summed E-state index contributed by atoms with van der Waals surface area (Å²) in [6.07, 6.45) is 7.13. The predicted octanol–water partition coefficient (Wildman–Crippen LogP) is 5.02. The summed E-state index contributed by atoms with van der Waals surface area (Å²) in [5, 5.41) is 3.00. The van der Waals surface area contributed by atoms with E-state index in [2.05, 4.69) is 38.0 Å². The van der Waals surface area contributed by atoms with Crippen LogP contribution in [0.25, 0.3) is 0 Å². The summed E-state index contributed by atoms with van der Waals surface area (Å²) in [6.45, 7) is 16.1. The fourth-order valence-electron chi connectivity index (χ4n) is 1.44. The largest absolute Gasteiger partial charge is 0.463 e. The van der Waals surface area contributed by atoms with Crippen LogP contribution in [-0.4, -0.2) is 25.3 Å². The normalized spacial score (nSPS) is 13.1. The van der Waals surface area contributed by atoms with Gasteiger partial charge in [-0.2, -0.15) is 0 Å². The van der Waals surface area contributed by atoms with Gasteiger partial charge in [0.2, 0.25) is 0 Å². The summed E-state index contributed by atoms with van der Waals surface area (Å²) >= 11 is 0. The molecule has 0 saturated heterocycles. The third-order valence-corrected chi connectivity index (χ3v) is 3.33. The molecule has 0 bridgehead atoms. The molecular weight excluding hydrogens is 297 g/mol. The molecule has 130 valence electrons. The number of carbonyl (C=O) groups excluding carboxylic acids is 1. The maximum absolute atomic E-state index is 11.2. The van der Waals surface area contributed by atoms with Gasteiger partial charge in [-0.1, -0.05) is 32.9 Å². The lowest BCUT2D eigenvalue weighted by molar-refractivity contribution is -0.145. The van der Waals surface area contributed by atoms with E-state index in [9.17, 15) is 4.79 Å². The summed E-state index contributed by atoms with van der Waals surface area (Å²) in [7, 11) is -0.808. The van der Waals surface area contributed by atoms with E-state index in [1.807, 2.05) is 40.4 Å². The van der Waals surface area contributed by atoms with Gasteiger partial charge in [-0.05, 0) is 46.1 Å². The van der Waals surface area contributed by atoms with Crippen LogP contribution in [0.2, 0.25) is 0 Å². The number of allylic oxidation sites excluding steroid dienone is 4. The van der Waals surface area contributed by atoms with Gasteiger partial charge in [0.1, 0.15) is 6.54 Å². The molecule has 0 aromatic carbocycles. The molecule has 0 aliphatic carbocycles. The van der Waals surface area contributed by atoms with Crippen molar-refractivity contribution >= 4 is 14.3 Å². The third-order valence-electron chi connectivity index (χ3n) is 2.16. The molecular formula is C17H34NO3P. The van der Waals surface area contributed by atoms with Gasteiger partial charge in [-0.15, -0.1) is 0 Å². The standard InChI is InChI=1S/C11H22NO3P.C6H12/c1-6-7-10(4)15-16(5)12-8-11(13)14-9(2)3;1-4-5-6(2)3/h7,9,12H,6,8H2,1-5H3;4-6H,1-3H3/b10-7+;5-4-. The van der Waals surface area contributed by atoms with Crippen LogP contribution in [-0.2, 0) is 14.1 Å². The van der Waals surface area contributed by atoms with E-state index in [-0.39, 0.29) is 18.6 Å². The van der Waals surface area contributed by atoms with Gasteiger partial charge in [0.15, 0.2) is 8.30 Å². The van der Waals surface area contributed by atoms with Crippen molar-refractivity contribution in [2.75, 3.05) is 13.2 Å². The lowest BCUT2D eigenvalue weighted by Crippen LogP contribution is -2.23. The summed E-state index contributed by atoms with van der Waals surface area (Å²) < 4.78 is 10.5. The molecule has 0 heterocycles. The number of carbonyl (C=O) groups is 1. The molecule has 1 atom stereocenters.